The predicted molar refractivity (Wildman–Crippen MR) is 70.8 cm³/mol. The summed E-state index contributed by atoms with van der Waals surface area (Å²) in [6.07, 6.45) is 0.0581. The van der Waals surface area contributed by atoms with E-state index >= 15 is 0 Å². The largest absolute Gasteiger partial charge is 0.382 e. The monoisotopic (exact) mass is 277 g/mol. The second-order valence-electron chi connectivity index (χ2n) is 3.69. The summed E-state index contributed by atoms with van der Waals surface area (Å²) >= 11 is 11.8. The Kier molecular flexibility index (Phi) is 6.85. The molecule has 0 heterocycles. The van der Waals surface area contributed by atoms with Crippen molar-refractivity contribution in [3.63, 3.8) is 0 Å². The number of rotatable bonds is 7. The zero-order valence-electron chi connectivity index (χ0n) is 10.0. The Balaban J connectivity index is 2.37. The van der Waals surface area contributed by atoms with E-state index in [0.717, 1.165) is 18.7 Å². The molecule has 0 aliphatic rings. The van der Waals surface area contributed by atoms with Crippen LogP contribution < -0.4 is 5.32 Å². The highest BCUT2D eigenvalue weighted by atomic mass is 35.5. The number of methoxy groups -OCH3 is 2. The Morgan fingerprint density at radius 2 is 2.00 bits per heavy atom. The van der Waals surface area contributed by atoms with Crippen LogP contribution in [0.5, 0.6) is 0 Å². The third-order valence-electron chi connectivity index (χ3n) is 2.37. The minimum Gasteiger partial charge on any atom is -0.382 e. The van der Waals surface area contributed by atoms with E-state index in [-0.39, 0.29) is 6.10 Å². The van der Waals surface area contributed by atoms with Crippen LogP contribution in [0.15, 0.2) is 18.2 Å². The van der Waals surface area contributed by atoms with Crippen LogP contribution >= 0.6 is 23.2 Å². The van der Waals surface area contributed by atoms with Gasteiger partial charge >= 0.3 is 0 Å². The number of halogens is 2. The molecule has 1 unspecified atom stereocenters. The molecular weight excluding hydrogens is 261 g/mol. The second-order valence-corrected chi connectivity index (χ2v) is 4.51. The van der Waals surface area contributed by atoms with Crippen molar-refractivity contribution in [2.75, 3.05) is 27.4 Å². The molecule has 0 aromatic heterocycles. The van der Waals surface area contributed by atoms with Crippen molar-refractivity contribution in [1.82, 2.24) is 5.32 Å². The molecule has 0 amide bonds. The van der Waals surface area contributed by atoms with E-state index in [1.54, 1.807) is 20.3 Å². The lowest BCUT2D eigenvalue weighted by atomic mass is 10.2. The van der Waals surface area contributed by atoms with Crippen LogP contribution in [-0.2, 0) is 16.0 Å². The molecule has 0 aliphatic carbocycles. The van der Waals surface area contributed by atoms with Gasteiger partial charge in [0, 0.05) is 27.3 Å². The van der Waals surface area contributed by atoms with Crippen molar-refractivity contribution in [3.8, 4) is 0 Å². The highest BCUT2D eigenvalue weighted by molar-refractivity contribution is 6.42. The number of ether oxygens (including phenoxy) is 2. The molecule has 5 heteroatoms. The number of benzene rings is 1. The minimum absolute atomic E-state index is 0.0581. The molecule has 0 fully saturated rings. The summed E-state index contributed by atoms with van der Waals surface area (Å²) in [4.78, 5) is 0. The molecule has 96 valence electrons. The quantitative estimate of drug-likeness (QED) is 0.832. The third-order valence-corrected chi connectivity index (χ3v) is 3.11. The maximum atomic E-state index is 5.93. The zero-order chi connectivity index (χ0) is 12.7. The average molecular weight is 278 g/mol. The molecular formula is C12H17Cl2NO2. The summed E-state index contributed by atoms with van der Waals surface area (Å²) in [5.41, 5.74) is 1.09. The lowest BCUT2D eigenvalue weighted by molar-refractivity contribution is 0.0288. The molecule has 1 N–H and O–H groups in total. The van der Waals surface area contributed by atoms with Crippen molar-refractivity contribution >= 4 is 23.2 Å². The number of nitrogens with one attached hydrogen (secondary N) is 1. The van der Waals surface area contributed by atoms with Gasteiger partial charge in [0.1, 0.15) is 0 Å². The minimum atomic E-state index is 0.0581. The summed E-state index contributed by atoms with van der Waals surface area (Å²) in [7, 11) is 3.33. The van der Waals surface area contributed by atoms with Crippen molar-refractivity contribution in [3.05, 3.63) is 33.8 Å². The van der Waals surface area contributed by atoms with Gasteiger partial charge in [0.2, 0.25) is 0 Å². The molecule has 1 rings (SSSR count). The normalized spacial score (nSPS) is 12.7. The summed E-state index contributed by atoms with van der Waals surface area (Å²) in [5.74, 6) is 0. The lowest BCUT2D eigenvalue weighted by Crippen LogP contribution is -2.31. The maximum Gasteiger partial charge on any atom is 0.0928 e. The van der Waals surface area contributed by atoms with Crippen molar-refractivity contribution in [1.29, 1.82) is 0 Å². The zero-order valence-corrected chi connectivity index (χ0v) is 11.5. The molecule has 0 aliphatic heterocycles. The molecule has 3 nitrogen and oxygen atoms in total. The summed E-state index contributed by atoms with van der Waals surface area (Å²) in [6.45, 7) is 2.02. The first kappa shape index (κ1) is 14.7. The fourth-order valence-corrected chi connectivity index (χ4v) is 1.74. The molecule has 0 spiro atoms. The van der Waals surface area contributed by atoms with Gasteiger partial charge in [0.25, 0.3) is 0 Å². The molecule has 0 saturated carbocycles. The Morgan fingerprint density at radius 3 is 2.59 bits per heavy atom. The van der Waals surface area contributed by atoms with Gasteiger partial charge in [0.05, 0.1) is 22.8 Å². The van der Waals surface area contributed by atoms with Gasteiger partial charge in [0.15, 0.2) is 0 Å². The van der Waals surface area contributed by atoms with Gasteiger partial charge in [-0.25, -0.2) is 0 Å². The maximum absolute atomic E-state index is 5.93. The first-order chi connectivity index (χ1) is 8.17. The second kappa shape index (κ2) is 7.90. The predicted octanol–water partition coefficient (Wildman–Crippen LogP) is 2.74. The Bertz CT molecular complexity index is 347. The van der Waals surface area contributed by atoms with Crippen LogP contribution in [0.25, 0.3) is 0 Å². The van der Waals surface area contributed by atoms with Crippen LogP contribution in [0.1, 0.15) is 5.56 Å². The Labute approximate surface area is 112 Å². The summed E-state index contributed by atoms with van der Waals surface area (Å²) in [6, 6.07) is 5.60. The fraction of sp³-hybridized carbons (Fsp3) is 0.500. The van der Waals surface area contributed by atoms with Crippen LogP contribution in [0.2, 0.25) is 10.0 Å². The van der Waals surface area contributed by atoms with Gasteiger partial charge in [-0.3, -0.25) is 0 Å². The van der Waals surface area contributed by atoms with Crippen molar-refractivity contribution < 1.29 is 9.47 Å². The van der Waals surface area contributed by atoms with Gasteiger partial charge in [-0.1, -0.05) is 29.3 Å². The van der Waals surface area contributed by atoms with Gasteiger partial charge in [-0.2, -0.15) is 0 Å². The fourth-order valence-electron chi connectivity index (χ4n) is 1.42. The summed E-state index contributed by atoms with van der Waals surface area (Å²) < 4.78 is 10.3. The molecule has 0 radical (unpaired) electrons. The standard InChI is InChI=1S/C12H17Cl2NO2/c1-16-8-10(17-2)7-15-6-9-3-4-11(13)12(14)5-9/h3-5,10,15H,6-8H2,1-2H3. The van der Waals surface area contributed by atoms with Crippen LogP contribution in [0, 0.1) is 0 Å². The SMILES string of the molecule is COCC(CNCc1ccc(Cl)c(Cl)c1)OC. The first-order valence-electron chi connectivity index (χ1n) is 5.33. The molecule has 0 bridgehead atoms. The van der Waals surface area contributed by atoms with E-state index in [1.807, 2.05) is 12.1 Å². The molecule has 0 saturated heterocycles. The van der Waals surface area contributed by atoms with E-state index in [9.17, 15) is 0 Å². The van der Waals surface area contributed by atoms with E-state index in [1.165, 1.54) is 0 Å². The Hall–Kier alpha value is -0.320. The molecule has 1 aromatic rings. The highest BCUT2D eigenvalue weighted by Crippen LogP contribution is 2.22. The van der Waals surface area contributed by atoms with E-state index < -0.39 is 0 Å². The molecule has 1 atom stereocenters. The highest BCUT2D eigenvalue weighted by Gasteiger charge is 2.06. The van der Waals surface area contributed by atoms with E-state index in [4.69, 9.17) is 32.7 Å². The van der Waals surface area contributed by atoms with E-state index in [2.05, 4.69) is 5.32 Å². The van der Waals surface area contributed by atoms with Crippen molar-refractivity contribution in [2.45, 2.75) is 12.6 Å². The Morgan fingerprint density at radius 1 is 1.24 bits per heavy atom. The van der Waals surface area contributed by atoms with E-state index in [0.29, 0.717) is 16.7 Å². The smallest absolute Gasteiger partial charge is 0.0928 e. The van der Waals surface area contributed by atoms with Gasteiger partial charge in [-0.15, -0.1) is 0 Å². The third kappa shape index (κ3) is 5.23. The average Bonchev–Trinajstić information content (AvgIpc) is 2.32. The molecule has 17 heavy (non-hydrogen) atoms. The lowest BCUT2D eigenvalue weighted by Gasteiger charge is -2.15. The number of hydrogen-bond acceptors (Lipinski definition) is 3. The number of hydrogen-bond donors (Lipinski definition) is 1. The van der Waals surface area contributed by atoms with Crippen LogP contribution in [0.4, 0.5) is 0 Å². The van der Waals surface area contributed by atoms with Crippen molar-refractivity contribution in [2.24, 2.45) is 0 Å². The topological polar surface area (TPSA) is 30.5 Å². The van der Waals surface area contributed by atoms with Crippen LogP contribution in [0.3, 0.4) is 0 Å². The van der Waals surface area contributed by atoms with Crippen LogP contribution in [-0.4, -0.2) is 33.5 Å². The first-order valence-corrected chi connectivity index (χ1v) is 6.09. The molecule has 1 aromatic carbocycles. The summed E-state index contributed by atoms with van der Waals surface area (Å²) in [5, 5.41) is 4.43. The van der Waals surface area contributed by atoms with Gasteiger partial charge in [-0.05, 0) is 17.7 Å². The van der Waals surface area contributed by atoms with Gasteiger partial charge < -0.3 is 14.8 Å².